The lowest BCUT2D eigenvalue weighted by molar-refractivity contribution is -0.121. The summed E-state index contributed by atoms with van der Waals surface area (Å²) in [5.41, 5.74) is 3.68. The number of anilines is 1. The molecule has 1 fully saturated rings. The van der Waals surface area contributed by atoms with Crippen molar-refractivity contribution < 1.29 is 14.3 Å². The maximum atomic E-state index is 13.1. The first kappa shape index (κ1) is 34.9. The third kappa shape index (κ3) is 11.2. The van der Waals surface area contributed by atoms with Crippen LogP contribution < -0.4 is 10.2 Å². The number of nitrogens with zero attached hydrogens (tertiary/aromatic N) is 4. The lowest BCUT2D eigenvalue weighted by Gasteiger charge is -2.28. The third-order valence-corrected chi connectivity index (χ3v) is 8.86. The Morgan fingerprint density at radius 3 is 2.50 bits per heavy atom. The lowest BCUT2D eigenvalue weighted by atomic mass is 10.1. The maximum Gasteiger partial charge on any atom is 0.238 e. The smallest absolute Gasteiger partial charge is 0.238 e. The summed E-state index contributed by atoms with van der Waals surface area (Å²) in [6.45, 7) is 13.1. The van der Waals surface area contributed by atoms with Crippen molar-refractivity contribution in [3.63, 3.8) is 0 Å². The second kappa shape index (κ2) is 18.3. The van der Waals surface area contributed by atoms with Crippen LogP contribution in [0.15, 0.2) is 89.5 Å². The molecule has 0 radical (unpaired) electrons. The summed E-state index contributed by atoms with van der Waals surface area (Å²) in [4.78, 5) is 37.1. The van der Waals surface area contributed by atoms with Gasteiger partial charge >= 0.3 is 0 Å². The summed E-state index contributed by atoms with van der Waals surface area (Å²) in [6.07, 6.45) is 16.4. The highest BCUT2D eigenvalue weighted by atomic mass is 32.2. The molecule has 0 saturated carbocycles. The van der Waals surface area contributed by atoms with Crippen LogP contribution in [0.25, 0.3) is 0 Å². The van der Waals surface area contributed by atoms with E-state index in [9.17, 15) is 9.59 Å². The molecule has 3 rings (SSSR count). The van der Waals surface area contributed by atoms with Crippen molar-refractivity contribution >= 4 is 40.0 Å². The van der Waals surface area contributed by atoms with Gasteiger partial charge < -0.3 is 19.9 Å². The van der Waals surface area contributed by atoms with Crippen molar-refractivity contribution in [2.45, 2.75) is 58.1 Å². The molecule has 8 nitrogen and oxygen atoms in total. The van der Waals surface area contributed by atoms with Crippen LogP contribution >= 0.6 is 11.8 Å². The fraction of sp³-hybridized carbons (Fsp3) is 0.457. The molecular formula is C35H49N5O3S. The zero-order chi connectivity index (χ0) is 31.9. The highest BCUT2D eigenvalue weighted by Crippen LogP contribution is 2.30. The van der Waals surface area contributed by atoms with Gasteiger partial charge in [0.2, 0.25) is 5.91 Å². The highest BCUT2D eigenvalue weighted by Gasteiger charge is 2.24. The number of carbonyl (C=O) groups excluding carboxylic acids is 2. The molecule has 1 amide bonds. The van der Waals surface area contributed by atoms with Crippen molar-refractivity contribution in [3.05, 3.63) is 84.5 Å². The van der Waals surface area contributed by atoms with E-state index in [0.717, 1.165) is 48.8 Å². The SMILES string of the molecule is C=CO/C(=C\C)CN(C)C(=Nc1ccc(N2CCCCC2)cc1)SC(C(C)=O)C1=CC=C(NC(=O)CN(C)CCC)CC=C1. The number of amidine groups is 1. The van der Waals surface area contributed by atoms with Crippen LogP contribution in [0.5, 0.6) is 0 Å². The van der Waals surface area contributed by atoms with Crippen LogP contribution in [0.3, 0.4) is 0 Å². The molecule has 1 unspecified atom stereocenters. The molecular weight excluding hydrogens is 570 g/mol. The molecule has 44 heavy (non-hydrogen) atoms. The van der Waals surface area contributed by atoms with Crippen LogP contribution in [0.1, 0.15) is 52.9 Å². The van der Waals surface area contributed by atoms with Crippen LogP contribution in [-0.2, 0) is 14.3 Å². The van der Waals surface area contributed by atoms with E-state index in [1.54, 1.807) is 6.92 Å². The molecule has 1 aromatic rings. The molecule has 2 aliphatic rings. The van der Waals surface area contributed by atoms with Gasteiger partial charge in [-0.1, -0.05) is 43.5 Å². The first-order chi connectivity index (χ1) is 21.2. The Balaban J connectivity index is 1.86. The monoisotopic (exact) mass is 619 g/mol. The lowest BCUT2D eigenvalue weighted by Crippen LogP contribution is -2.35. The fourth-order valence-corrected chi connectivity index (χ4v) is 6.21. The minimum Gasteiger partial charge on any atom is -0.468 e. The van der Waals surface area contributed by atoms with E-state index in [1.165, 1.54) is 43.0 Å². The van der Waals surface area contributed by atoms with Crippen molar-refractivity contribution in [2.24, 2.45) is 4.99 Å². The third-order valence-electron chi connectivity index (χ3n) is 7.41. The van der Waals surface area contributed by atoms with Gasteiger partial charge in [0.15, 0.2) is 5.17 Å². The summed E-state index contributed by atoms with van der Waals surface area (Å²) in [6, 6.07) is 8.34. The largest absolute Gasteiger partial charge is 0.468 e. The van der Waals surface area contributed by atoms with Crippen molar-refractivity contribution in [2.75, 3.05) is 51.7 Å². The predicted molar refractivity (Wildman–Crippen MR) is 185 cm³/mol. The number of hydrogen-bond donors (Lipinski definition) is 1. The first-order valence-corrected chi connectivity index (χ1v) is 16.4. The quantitative estimate of drug-likeness (QED) is 0.143. The summed E-state index contributed by atoms with van der Waals surface area (Å²) in [5, 5.41) is 3.23. The van der Waals surface area contributed by atoms with Crippen LogP contribution in [0.2, 0.25) is 0 Å². The molecule has 1 aliphatic heterocycles. The molecule has 238 valence electrons. The standard InChI is InChI=1S/C35H49N5O3S/c1-7-22-38(5)26-33(42)36-29-15-13-14-28(16-17-29)34(27(4)41)44-35(39(6)25-32(8-2)43-9-3)37-30-18-20-31(21-19-30)40-23-11-10-12-24-40/h8-9,13-14,16-21,34H,3,7,10-12,15,22-26H2,1-2,4-6H3,(H,36,42)/b32-8-,37-35?. The second-order valence-electron chi connectivity index (χ2n) is 11.2. The van der Waals surface area contributed by atoms with Crippen molar-refractivity contribution in [3.8, 4) is 0 Å². The number of benzene rings is 1. The van der Waals surface area contributed by atoms with Crippen molar-refractivity contribution in [1.82, 2.24) is 15.1 Å². The predicted octanol–water partition coefficient (Wildman–Crippen LogP) is 6.58. The van der Waals surface area contributed by atoms with Gasteiger partial charge in [0.25, 0.3) is 0 Å². The number of amides is 1. The number of ketones is 1. The van der Waals surface area contributed by atoms with E-state index in [4.69, 9.17) is 9.73 Å². The minimum absolute atomic E-state index is 0.0168. The molecule has 0 aromatic heterocycles. The first-order valence-electron chi connectivity index (χ1n) is 15.5. The van der Waals surface area contributed by atoms with E-state index >= 15 is 0 Å². The molecule has 1 saturated heterocycles. The highest BCUT2D eigenvalue weighted by molar-refractivity contribution is 8.15. The van der Waals surface area contributed by atoms with Gasteiger partial charge in [-0.2, -0.15) is 0 Å². The Labute approximate surface area is 268 Å². The summed E-state index contributed by atoms with van der Waals surface area (Å²) in [5.74, 6) is 0.707. The zero-order valence-corrected chi connectivity index (χ0v) is 27.9. The topological polar surface area (TPSA) is 77.5 Å². The fourth-order valence-electron chi connectivity index (χ4n) is 5.13. The van der Waals surface area contributed by atoms with Gasteiger partial charge in [-0.3, -0.25) is 14.5 Å². The number of aliphatic imine (C=N–C) groups is 1. The normalized spacial score (nSPS) is 16.5. The van der Waals surface area contributed by atoms with Gasteiger partial charge in [0.1, 0.15) is 11.5 Å². The number of thioether (sulfide) groups is 1. The van der Waals surface area contributed by atoms with Gasteiger partial charge in [-0.25, -0.2) is 4.99 Å². The zero-order valence-electron chi connectivity index (χ0n) is 27.1. The molecule has 1 N–H and O–H groups in total. The number of ether oxygens (including phenoxy) is 1. The van der Waals surface area contributed by atoms with E-state index < -0.39 is 5.25 Å². The Morgan fingerprint density at radius 1 is 1.14 bits per heavy atom. The van der Waals surface area contributed by atoms with E-state index in [-0.39, 0.29) is 11.7 Å². The number of carbonyl (C=O) groups is 2. The van der Waals surface area contributed by atoms with Gasteiger partial charge in [-0.05, 0) is 95.1 Å². The minimum atomic E-state index is -0.489. The van der Waals surface area contributed by atoms with E-state index in [2.05, 4.69) is 35.9 Å². The summed E-state index contributed by atoms with van der Waals surface area (Å²) < 4.78 is 5.59. The van der Waals surface area contributed by atoms with E-state index in [0.29, 0.717) is 24.7 Å². The Kier molecular flexibility index (Phi) is 14.5. The van der Waals surface area contributed by atoms with E-state index in [1.807, 2.05) is 73.3 Å². The molecule has 1 aromatic carbocycles. The van der Waals surface area contributed by atoms with Gasteiger partial charge in [0, 0.05) is 37.9 Å². The molecule has 1 atom stereocenters. The number of likely N-dealkylation sites (N-methyl/N-ethyl adjacent to an activating group) is 2. The number of piperidine rings is 1. The number of rotatable bonds is 14. The Hall–Kier alpha value is -3.56. The number of Topliss-reactive ketones (excluding diaryl/α,β-unsaturated/α-hetero) is 1. The average molecular weight is 620 g/mol. The molecule has 0 spiro atoms. The molecule has 9 heteroatoms. The van der Waals surface area contributed by atoms with Crippen LogP contribution in [-0.4, -0.2) is 78.7 Å². The van der Waals surface area contributed by atoms with Crippen molar-refractivity contribution in [1.29, 1.82) is 0 Å². The Morgan fingerprint density at radius 2 is 1.86 bits per heavy atom. The van der Waals surface area contributed by atoms with Gasteiger partial charge in [0.05, 0.1) is 30.3 Å². The van der Waals surface area contributed by atoms with Crippen LogP contribution in [0, 0.1) is 0 Å². The number of hydrogen-bond acceptors (Lipinski definition) is 7. The summed E-state index contributed by atoms with van der Waals surface area (Å²) in [7, 11) is 3.89. The molecule has 0 bridgehead atoms. The number of allylic oxidation sites excluding steroid dienone is 5. The Bertz CT molecular complexity index is 1280. The summed E-state index contributed by atoms with van der Waals surface area (Å²) >= 11 is 1.41. The second-order valence-corrected chi connectivity index (χ2v) is 12.3. The molecule has 1 heterocycles. The molecule has 1 aliphatic carbocycles. The maximum absolute atomic E-state index is 13.1. The van der Waals surface area contributed by atoms with Crippen LogP contribution in [0.4, 0.5) is 11.4 Å². The van der Waals surface area contributed by atoms with Gasteiger partial charge in [-0.15, -0.1) is 0 Å². The average Bonchev–Trinajstić information content (AvgIpc) is 3.24. The number of nitrogens with one attached hydrogen (secondary N) is 1.